The zero-order chi connectivity index (χ0) is 14.4. The molecule has 0 saturated heterocycles. The molecule has 0 heterocycles. The quantitative estimate of drug-likeness (QED) is 0.796. The van der Waals surface area contributed by atoms with Crippen molar-refractivity contribution in [2.45, 2.75) is 19.3 Å². The Labute approximate surface area is 124 Å². The van der Waals surface area contributed by atoms with Crippen LogP contribution in [0.4, 0.5) is 0 Å². The van der Waals surface area contributed by atoms with Gasteiger partial charge in [0.1, 0.15) is 5.75 Å². The Hall–Kier alpha value is -1.98. The number of hydrogen-bond donors (Lipinski definition) is 0. The van der Waals surface area contributed by atoms with Crippen molar-refractivity contribution in [3.8, 4) is 11.8 Å². The maximum atomic E-state index is 9.26. The van der Waals surface area contributed by atoms with Crippen molar-refractivity contribution >= 4 is 11.6 Å². The minimum atomic E-state index is -0.195. The van der Waals surface area contributed by atoms with E-state index in [1.807, 2.05) is 55.5 Å². The van der Waals surface area contributed by atoms with Crippen molar-refractivity contribution in [2.75, 3.05) is 6.61 Å². The Morgan fingerprint density at radius 3 is 2.60 bits per heavy atom. The summed E-state index contributed by atoms with van der Waals surface area (Å²) in [6, 6.07) is 17.6. The van der Waals surface area contributed by atoms with Crippen molar-refractivity contribution in [3.05, 3.63) is 64.7 Å². The fourth-order valence-corrected chi connectivity index (χ4v) is 2.16. The molecular weight excluding hydrogens is 270 g/mol. The standard InChI is InChI=1S/C17H16ClNO/c1-13-5-7-17(8-6-13)20-10-9-15(12-19)14-3-2-4-16(18)11-14/h2-8,11,15H,9-10H2,1H3. The molecule has 0 amide bonds. The van der Waals surface area contributed by atoms with Crippen LogP contribution < -0.4 is 4.74 Å². The monoisotopic (exact) mass is 285 g/mol. The molecule has 2 aromatic rings. The smallest absolute Gasteiger partial charge is 0.119 e. The van der Waals surface area contributed by atoms with E-state index in [1.54, 1.807) is 0 Å². The van der Waals surface area contributed by atoms with Gasteiger partial charge in [-0.2, -0.15) is 5.26 Å². The second-order valence-corrected chi connectivity index (χ2v) is 5.12. The highest BCUT2D eigenvalue weighted by Gasteiger charge is 2.11. The van der Waals surface area contributed by atoms with E-state index in [0.717, 1.165) is 11.3 Å². The lowest BCUT2D eigenvalue weighted by Crippen LogP contribution is -2.04. The van der Waals surface area contributed by atoms with Crippen LogP contribution in [-0.4, -0.2) is 6.61 Å². The second-order valence-electron chi connectivity index (χ2n) is 4.69. The van der Waals surface area contributed by atoms with Gasteiger partial charge in [-0.15, -0.1) is 0 Å². The average Bonchev–Trinajstić information content (AvgIpc) is 2.45. The molecule has 0 aliphatic carbocycles. The fourth-order valence-electron chi connectivity index (χ4n) is 1.96. The third kappa shape index (κ3) is 4.01. The molecule has 0 radical (unpaired) electrons. The van der Waals surface area contributed by atoms with Crippen LogP contribution in [0.5, 0.6) is 5.75 Å². The van der Waals surface area contributed by atoms with Gasteiger partial charge in [0.25, 0.3) is 0 Å². The molecule has 0 saturated carbocycles. The summed E-state index contributed by atoms with van der Waals surface area (Å²) in [5, 5.41) is 9.91. The van der Waals surface area contributed by atoms with Crippen molar-refractivity contribution < 1.29 is 4.74 Å². The SMILES string of the molecule is Cc1ccc(OCCC(C#N)c2cccc(Cl)c2)cc1. The average molecular weight is 286 g/mol. The topological polar surface area (TPSA) is 33.0 Å². The fraction of sp³-hybridized carbons (Fsp3) is 0.235. The van der Waals surface area contributed by atoms with Crippen LogP contribution in [0.15, 0.2) is 48.5 Å². The second kappa shape index (κ2) is 6.98. The molecule has 0 fully saturated rings. The van der Waals surface area contributed by atoms with Crippen LogP contribution in [0.2, 0.25) is 5.02 Å². The molecule has 0 aromatic heterocycles. The number of halogens is 1. The van der Waals surface area contributed by atoms with Crippen LogP contribution in [0.25, 0.3) is 0 Å². The zero-order valence-electron chi connectivity index (χ0n) is 11.3. The summed E-state index contributed by atoms with van der Waals surface area (Å²) >= 11 is 5.95. The summed E-state index contributed by atoms with van der Waals surface area (Å²) in [7, 11) is 0. The minimum Gasteiger partial charge on any atom is -0.494 e. The Balaban J connectivity index is 1.92. The summed E-state index contributed by atoms with van der Waals surface area (Å²) in [6.07, 6.45) is 0.644. The van der Waals surface area contributed by atoms with Crippen LogP contribution in [0.3, 0.4) is 0 Å². The van der Waals surface area contributed by atoms with Gasteiger partial charge < -0.3 is 4.74 Å². The normalized spacial score (nSPS) is 11.7. The Bertz CT molecular complexity index is 601. The third-order valence-electron chi connectivity index (χ3n) is 3.10. The van der Waals surface area contributed by atoms with E-state index in [4.69, 9.17) is 16.3 Å². The molecule has 3 heteroatoms. The molecule has 20 heavy (non-hydrogen) atoms. The van der Waals surface area contributed by atoms with Gasteiger partial charge in [-0.3, -0.25) is 0 Å². The summed E-state index contributed by atoms with van der Waals surface area (Å²) in [4.78, 5) is 0. The highest BCUT2D eigenvalue weighted by atomic mass is 35.5. The lowest BCUT2D eigenvalue weighted by molar-refractivity contribution is 0.306. The number of ether oxygens (including phenoxy) is 1. The van der Waals surface area contributed by atoms with Gasteiger partial charge in [0.2, 0.25) is 0 Å². The molecule has 0 spiro atoms. The summed E-state index contributed by atoms with van der Waals surface area (Å²) in [6.45, 7) is 2.54. The number of hydrogen-bond acceptors (Lipinski definition) is 2. The van der Waals surface area contributed by atoms with Gasteiger partial charge in [0, 0.05) is 11.4 Å². The first-order chi connectivity index (χ1) is 9.69. The molecule has 2 aromatic carbocycles. The van der Waals surface area contributed by atoms with E-state index in [9.17, 15) is 5.26 Å². The molecule has 0 bridgehead atoms. The predicted octanol–water partition coefficient (Wildman–Crippen LogP) is 4.72. The molecule has 0 aliphatic rings. The first-order valence-electron chi connectivity index (χ1n) is 6.53. The molecule has 0 N–H and O–H groups in total. The largest absolute Gasteiger partial charge is 0.494 e. The molecule has 0 aliphatic heterocycles. The molecule has 2 nitrogen and oxygen atoms in total. The van der Waals surface area contributed by atoms with Crippen molar-refractivity contribution in [3.63, 3.8) is 0 Å². The minimum absolute atomic E-state index is 0.195. The predicted molar refractivity (Wildman–Crippen MR) is 81.1 cm³/mol. The van der Waals surface area contributed by atoms with Crippen LogP contribution in [-0.2, 0) is 0 Å². The van der Waals surface area contributed by atoms with Crippen molar-refractivity contribution in [1.82, 2.24) is 0 Å². The summed E-state index contributed by atoms with van der Waals surface area (Å²) < 4.78 is 5.66. The van der Waals surface area contributed by atoms with Gasteiger partial charge >= 0.3 is 0 Å². The van der Waals surface area contributed by atoms with Crippen LogP contribution in [0.1, 0.15) is 23.5 Å². The number of rotatable bonds is 5. The maximum absolute atomic E-state index is 9.26. The van der Waals surface area contributed by atoms with Crippen LogP contribution >= 0.6 is 11.6 Å². The van der Waals surface area contributed by atoms with E-state index in [-0.39, 0.29) is 5.92 Å². The highest BCUT2D eigenvalue weighted by molar-refractivity contribution is 6.30. The van der Waals surface area contributed by atoms with E-state index < -0.39 is 0 Å². The molecule has 1 unspecified atom stereocenters. The number of aryl methyl sites for hydroxylation is 1. The van der Waals surface area contributed by atoms with Gasteiger partial charge in [-0.25, -0.2) is 0 Å². The number of nitriles is 1. The number of nitrogens with zero attached hydrogens (tertiary/aromatic N) is 1. The molecule has 102 valence electrons. The summed E-state index contributed by atoms with van der Waals surface area (Å²) in [5.74, 6) is 0.637. The van der Waals surface area contributed by atoms with E-state index in [2.05, 4.69) is 6.07 Å². The first-order valence-corrected chi connectivity index (χ1v) is 6.91. The zero-order valence-corrected chi connectivity index (χ0v) is 12.1. The maximum Gasteiger partial charge on any atom is 0.119 e. The first kappa shape index (κ1) is 14.4. The van der Waals surface area contributed by atoms with Gasteiger partial charge in [-0.1, -0.05) is 41.4 Å². The van der Waals surface area contributed by atoms with E-state index in [0.29, 0.717) is 18.1 Å². The molecule has 1 atom stereocenters. The molecular formula is C17H16ClNO. The van der Waals surface area contributed by atoms with Gasteiger partial charge in [-0.05, 0) is 36.8 Å². The van der Waals surface area contributed by atoms with Crippen molar-refractivity contribution in [2.24, 2.45) is 0 Å². The highest BCUT2D eigenvalue weighted by Crippen LogP contribution is 2.22. The lowest BCUT2D eigenvalue weighted by Gasteiger charge is -2.11. The molecule has 2 rings (SSSR count). The number of benzene rings is 2. The van der Waals surface area contributed by atoms with Gasteiger partial charge in [0.05, 0.1) is 18.6 Å². The Kier molecular flexibility index (Phi) is 5.03. The van der Waals surface area contributed by atoms with E-state index >= 15 is 0 Å². The summed E-state index contributed by atoms with van der Waals surface area (Å²) in [5.41, 5.74) is 2.14. The Morgan fingerprint density at radius 1 is 1.20 bits per heavy atom. The lowest BCUT2D eigenvalue weighted by atomic mass is 9.98. The van der Waals surface area contributed by atoms with Gasteiger partial charge in [0.15, 0.2) is 0 Å². The van der Waals surface area contributed by atoms with Crippen LogP contribution in [0, 0.1) is 18.3 Å². The van der Waals surface area contributed by atoms with E-state index in [1.165, 1.54) is 5.56 Å². The van der Waals surface area contributed by atoms with Crippen molar-refractivity contribution in [1.29, 1.82) is 5.26 Å². The third-order valence-corrected chi connectivity index (χ3v) is 3.34. The Morgan fingerprint density at radius 2 is 1.95 bits per heavy atom.